The second-order valence-electron chi connectivity index (χ2n) is 3.27. The third kappa shape index (κ3) is 3.44. The molecule has 0 heterocycles. The quantitative estimate of drug-likeness (QED) is 0.720. The minimum Gasteiger partial charge on any atom is -0.352 e. The number of carbonyl (C=O) groups is 1. The zero-order chi connectivity index (χ0) is 10.4. The van der Waals surface area contributed by atoms with E-state index < -0.39 is 0 Å². The summed E-state index contributed by atoms with van der Waals surface area (Å²) in [6.45, 7) is 5.94. The average Bonchev–Trinajstić information content (AvgIpc) is 2.19. The van der Waals surface area contributed by atoms with E-state index in [1.807, 2.05) is 30.3 Å². The van der Waals surface area contributed by atoms with Crippen LogP contribution in [0.4, 0.5) is 0 Å². The third-order valence-electron chi connectivity index (χ3n) is 1.93. The summed E-state index contributed by atoms with van der Waals surface area (Å²) >= 11 is 0. The summed E-state index contributed by atoms with van der Waals surface area (Å²) in [4.78, 5) is 11.1. The predicted octanol–water partition coefficient (Wildman–Crippen LogP) is 1.92. The predicted molar refractivity (Wildman–Crippen MR) is 58.0 cm³/mol. The lowest BCUT2D eigenvalue weighted by Gasteiger charge is -2.04. The molecule has 0 aliphatic heterocycles. The molecule has 1 amide bonds. The minimum atomic E-state index is -0.0686. The van der Waals surface area contributed by atoms with E-state index in [1.54, 1.807) is 6.92 Å². The van der Waals surface area contributed by atoms with Crippen LogP contribution >= 0.6 is 0 Å². The van der Waals surface area contributed by atoms with Gasteiger partial charge in [0.2, 0.25) is 5.91 Å². The van der Waals surface area contributed by atoms with Crippen molar-refractivity contribution in [2.45, 2.75) is 13.3 Å². The normalized spacial score (nSPS) is 9.50. The first-order valence-corrected chi connectivity index (χ1v) is 4.68. The molecule has 0 unspecified atom stereocenters. The van der Waals surface area contributed by atoms with E-state index in [9.17, 15) is 4.79 Å². The van der Waals surface area contributed by atoms with Crippen molar-refractivity contribution < 1.29 is 4.79 Å². The highest BCUT2D eigenvalue weighted by molar-refractivity contribution is 5.92. The molecule has 0 radical (unpaired) electrons. The number of nitrogens with one attached hydrogen (secondary N) is 1. The molecule has 1 rings (SSSR count). The van der Waals surface area contributed by atoms with Crippen molar-refractivity contribution in [1.29, 1.82) is 0 Å². The molecule has 74 valence electrons. The van der Waals surface area contributed by atoms with Crippen LogP contribution in [0.3, 0.4) is 0 Å². The van der Waals surface area contributed by atoms with Gasteiger partial charge in [-0.2, -0.15) is 0 Å². The van der Waals surface area contributed by atoms with E-state index >= 15 is 0 Å². The lowest BCUT2D eigenvalue weighted by Crippen LogP contribution is -2.25. The highest BCUT2D eigenvalue weighted by atomic mass is 16.1. The molecule has 0 atom stereocenters. The van der Waals surface area contributed by atoms with Gasteiger partial charge in [0.15, 0.2) is 0 Å². The number of amides is 1. The summed E-state index contributed by atoms with van der Waals surface area (Å²) in [5.74, 6) is -0.0686. The molecule has 1 aromatic rings. The summed E-state index contributed by atoms with van der Waals surface area (Å²) < 4.78 is 0. The molecule has 0 aromatic heterocycles. The highest BCUT2D eigenvalue weighted by Crippen LogP contribution is 1.98. The molecule has 1 aromatic carbocycles. The Kier molecular flexibility index (Phi) is 3.92. The Bertz CT molecular complexity index is 316. The maximum atomic E-state index is 11.1. The summed E-state index contributed by atoms with van der Waals surface area (Å²) in [6.07, 6.45) is 0.861. The van der Waals surface area contributed by atoms with Gasteiger partial charge >= 0.3 is 0 Å². The third-order valence-corrected chi connectivity index (χ3v) is 1.93. The van der Waals surface area contributed by atoms with Crippen molar-refractivity contribution in [2.75, 3.05) is 6.54 Å². The maximum Gasteiger partial charge on any atom is 0.246 e. The molecule has 0 aliphatic rings. The van der Waals surface area contributed by atoms with Crippen LogP contribution in [0, 0.1) is 0 Å². The van der Waals surface area contributed by atoms with E-state index in [0.717, 1.165) is 6.42 Å². The summed E-state index contributed by atoms with van der Waals surface area (Å²) in [7, 11) is 0. The zero-order valence-corrected chi connectivity index (χ0v) is 8.42. The van der Waals surface area contributed by atoms with Crippen LogP contribution < -0.4 is 5.32 Å². The Hall–Kier alpha value is -1.57. The van der Waals surface area contributed by atoms with Crippen molar-refractivity contribution in [3.8, 4) is 0 Å². The van der Waals surface area contributed by atoms with Crippen molar-refractivity contribution in [1.82, 2.24) is 5.32 Å². The van der Waals surface area contributed by atoms with Crippen LogP contribution in [0.5, 0.6) is 0 Å². The van der Waals surface area contributed by atoms with Gasteiger partial charge in [0.05, 0.1) is 0 Å². The number of hydrogen-bond acceptors (Lipinski definition) is 1. The fourth-order valence-corrected chi connectivity index (χ4v) is 1.12. The van der Waals surface area contributed by atoms with Gasteiger partial charge in [-0.3, -0.25) is 4.79 Å². The molecule has 1 N–H and O–H groups in total. The molecule has 0 fully saturated rings. The van der Waals surface area contributed by atoms with Gasteiger partial charge in [0, 0.05) is 12.1 Å². The van der Waals surface area contributed by atoms with Gasteiger partial charge in [-0.25, -0.2) is 0 Å². The Labute approximate surface area is 84.6 Å². The van der Waals surface area contributed by atoms with Gasteiger partial charge in [-0.05, 0) is 18.9 Å². The number of benzene rings is 1. The summed E-state index contributed by atoms with van der Waals surface area (Å²) in [6, 6.07) is 10.1. The minimum absolute atomic E-state index is 0.0686. The lowest BCUT2D eigenvalue weighted by molar-refractivity contribution is -0.117. The Morgan fingerprint density at radius 2 is 2.00 bits per heavy atom. The average molecular weight is 189 g/mol. The van der Waals surface area contributed by atoms with Crippen LogP contribution in [0.1, 0.15) is 12.5 Å². The molecule has 2 nitrogen and oxygen atoms in total. The molecule has 2 heteroatoms. The first-order chi connectivity index (χ1) is 6.70. The molecule has 0 aliphatic carbocycles. The van der Waals surface area contributed by atoms with Gasteiger partial charge in [0.1, 0.15) is 0 Å². The first kappa shape index (κ1) is 10.5. The largest absolute Gasteiger partial charge is 0.352 e. The summed E-state index contributed by atoms with van der Waals surface area (Å²) in [5, 5.41) is 2.79. The molecule has 0 spiro atoms. The fraction of sp³-hybridized carbons (Fsp3) is 0.250. The van der Waals surface area contributed by atoms with Crippen LogP contribution in [0.15, 0.2) is 42.5 Å². The van der Waals surface area contributed by atoms with Gasteiger partial charge < -0.3 is 5.32 Å². The van der Waals surface area contributed by atoms with Gasteiger partial charge in [0.25, 0.3) is 0 Å². The standard InChI is InChI=1S/C12H15NO/c1-10(2)12(14)13-9-8-11-6-4-3-5-7-11/h3-7H,1,8-9H2,2H3,(H,13,14). The van der Waals surface area contributed by atoms with Crippen LogP contribution in [-0.4, -0.2) is 12.5 Å². The monoisotopic (exact) mass is 189 g/mol. The number of hydrogen-bond donors (Lipinski definition) is 1. The maximum absolute atomic E-state index is 11.1. The molecular formula is C12H15NO. The Morgan fingerprint density at radius 3 is 2.57 bits per heavy atom. The second kappa shape index (κ2) is 5.22. The van der Waals surface area contributed by atoms with Crippen molar-refractivity contribution in [2.24, 2.45) is 0 Å². The van der Waals surface area contributed by atoms with Crippen molar-refractivity contribution in [3.05, 3.63) is 48.0 Å². The molecule has 0 saturated heterocycles. The van der Waals surface area contributed by atoms with Crippen molar-refractivity contribution in [3.63, 3.8) is 0 Å². The van der Waals surface area contributed by atoms with Gasteiger partial charge in [-0.15, -0.1) is 0 Å². The number of rotatable bonds is 4. The fourth-order valence-electron chi connectivity index (χ4n) is 1.12. The Morgan fingerprint density at radius 1 is 1.36 bits per heavy atom. The smallest absolute Gasteiger partial charge is 0.246 e. The van der Waals surface area contributed by atoms with E-state index in [1.165, 1.54) is 5.56 Å². The Balaban J connectivity index is 2.29. The van der Waals surface area contributed by atoms with Crippen LogP contribution in [0.2, 0.25) is 0 Å². The van der Waals surface area contributed by atoms with E-state index in [2.05, 4.69) is 11.9 Å². The van der Waals surface area contributed by atoms with E-state index in [4.69, 9.17) is 0 Å². The zero-order valence-electron chi connectivity index (χ0n) is 8.42. The lowest BCUT2D eigenvalue weighted by atomic mass is 10.1. The molecule has 14 heavy (non-hydrogen) atoms. The molecule has 0 bridgehead atoms. The van der Waals surface area contributed by atoms with E-state index in [-0.39, 0.29) is 5.91 Å². The highest BCUT2D eigenvalue weighted by Gasteiger charge is 1.99. The molecular weight excluding hydrogens is 174 g/mol. The van der Waals surface area contributed by atoms with Crippen LogP contribution in [-0.2, 0) is 11.2 Å². The summed E-state index contributed by atoms with van der Waals surface area (Å²) in [5.41, 5.74) is 1.78. The second-order valence-corrected chi connectivity index (χ2v) is 3.27. The van der Waals surface area contributed by atoms with Crippen LogP contribution in [0.25, 0.3) is 0 Å². The first-order valence-electron chi connectivity index (χ1n) is 4.68. The van der Waals surface area contributed by atoms with Crippen molar-refractivity contribution >= 4 is 5.91 Å². The SMILES string of the molecule is C=C(C)C(=O)NCCc1ccccc1. The van der Waals surface area contributed by atoms with Gasteiger partial charge in [-0.1, -0.05) is 36.9 Å². The van der Waals surface area contributed by atoms with E-state index in [0.29, 0.717) is 12.1 Å². The number of carbonyl (C=O) groups excluding carboxylic acids is 1. The molecule has 0 saturated carbocycles. The topological polar surface area (TPSA) is 29.1 Å².